The average molecular weight is 677 g/mol. The number of morpholine rings is 1. The molecule has 1 saturated heterocycles. The number of carbonyl (C=O) groups excluding carboxylic acids is 2. The number of halogens is 1. The number of anilines is 1. The second-order valence-electron chi connectivity index (χ2n) is 11.6. The number of aliphatic hydroxyl groups excluding tert-OH is 1. The van der Waals surface area contributed by atoms with Gasteiger partial charge in [0.05, 0.1) is 71.8 Å². The largest absolute Gasteiger partial charge is 0.487 e. The number of aromatic nitrogens is 4. The number of rotatable bonds is 9. The number of nitrogens with one attached hydrogen (secondary N) is 1. The number of nitrogens with zero attached hydrogens (tertiary/aromatic N) is 5. The molecule has 0 radical (unpaired) electrons. The number of ether oxygens (including phenoxy) is 4. The lowest BCUT2D eigenvalue weighted by Crippen LogP contribution is -2.59. The van der Waals surface area contributed by atoms with Gasteiger partial charge in [0.25, 0.3) is 5.91 Å². The fourth-order valence-corrected chi connectivity index (χ4v) is 6.24. The van der Waals surface area contributed by atoms with Crippen molar-refractivity contribution >= 4 is 50.3 Å². The Bertz CT molecular complexity index is 1990. The average Bonchev–Trinajstić information content (AvgIpc) is 3.49. The van der Waals surface area contributed by atoms with E-state index in [1.54, 1.807) is 26.1 Å². The van der Waals surface area contributed by atoms with Crippen LogP contribution < -0.4 is 14.8 Å². The molecule has 4 heterocycles. The molecule has 0 aliphatic carbocycles. The standard InChI is InChI=1S/C33H33FN6O7S/c1-18-9-21(29-25(10-18)38-28(44-4)14-36-29)30-39-24-11-22(34)26(12-27(24)48-30)46-15-19(2)47-32(43)37-20-5-6-23(35-13-20)31(42)40-7-8-45-17-33(40,3)16-41/h5-6,9-14,19,41H,7-8,15-17H2,1-4H3,(H,37,43)/t19-,33?/m1/s1. The van der Waals surface area contributed by atoms with E-state index in [-0.39, 0.29) is 37.2 Å². The zero-order valence-electron chi connectivity index (χ0n) is 26.7. The SMILES string of the molecule is COc1cnc2c(-c3nc4cc(F)c(OC[C@@H](C)OC(=O)Nc5ccc(C(=O)N6CCOCC6(C)CO)nc5)cc4s3)cc(C)cc2n1. The maximum absolute atomic E-state index is 15.0. The molecule has 1 unspecified atom stereocenters. The highest BCUT2D eigenvalue weighted by molar-refractivity contribution is 7.21. The van der Waals surface area contributed by atoms with E-state index in [1.165, 1.54) is 47.7 Å². The number of fused-ring (bicyclic) bond motifs is 2. The molecule has 15 heteroatoms. The number of hydrogen-bond acceptors (Lipinski definition) is 12. The quantitative estimate of drug-likeness (QED) is 0.217. The van der Waals surface area contributed by atoms with Gasteiger partial charge < -0.3 is 29.0 Å². The second-order valence-corrected chi connectivity index (χ2v) is 12.6. The van der Waals surface area contributed by atoms with Crippen molar-refractivity contribution in [3.8, 4) is 22.2 Å². The van der Waals surface area contributed by atoms with E-state index in [1.807, 2.05) is 19.1 Å². The first-order valence-corrected chi connectivity index (χ1v) is 15.9. The van der Waals surface area contributed by atoms with E-state index < -0.39 is 23.6 Å². The Morgan fingerprint density at radius 2 is 2.00 bits per heavy atom. The van der Waals surface area contributed by atoms with Crippen molar-refractivity contribution in [2.45, 2.75) is 32.4 Å². The van der Waals surface area contributed by atoms with Crippen molar-refractivity contribution in [1.29, 1.82) is 0 Å². The van der Waals surface area contributed by atoms with Gasteiger partial charge in [-0.15, -0.1) is 11.3 Å². The first kappa shape index (κ1) is 32.9. The monoisotopic (exact) mass is 676 g/mol. The third-order valence-corrected chi connectivity index (χ3v) is 8.82. The number of hydrogen-bond donors (Lipinski definition) is 2. The summed E-state index contributed by atoms with van der Waals surface area (Å²) in [5.41, 5.74) is 3.13. The van der Waals surface area contributed by atoms with E-state index in [0.29, 0.717) is 51.0 Å². The molecule has 0 bridgehead atoms. The Morgan fingerprint density at radius 3 is 2.75 bits per heavy atom. The molecule has 1 aliphatic rings. The summed E-state index contributed by atoms with van der Waals surface area (Å²) >= 11 is 1.37. The van der Waals surface area contributed by atoms with Crippen LogP contribution in [-0.2, 0) is 9.47 Å². The van der Waals surface area contributed by atoms with Gasteiger partial charge in [0.15, 0.2) is 11.6 Å². The molecule has 6 rings (SSSR count). The Hall–Kier alpha value is -4.99. The third kappa shape index (κ3) is 6.83. The minimum Gasteiger partial charge on any atom is -0.487 e. The van der Waals surface area contributed by atoms with E-state index >= 15 is 4.39 Å². The third-order valence-electron chi connectivity index (χ3n) is 7.77. The number of pyridine rings is 1. The van der Waals surface area contributed by atoms with Crippen LogP contribution >= 0.6 is 11.3 Å². The molecule has 2 amide bonds. The highest BCUT2D eigenvalue weighted by atomic mass is 32.1. The zero-order valence-corrected chi connectivity index (χ0v) is 27.5. The van der Waals surface area contributed by atoms with Gasteiger partial charge in [-0.25, -0.2) is 29.1 Å². The van der Waals surface area contributed by atoms with Crippen LogP contribution in [0.15, 0.2) is 48.8 Å². The topological polar surface area (TPSA) is 158 Å². The highest BCUT2D eigenvalue weighted by Gasteiger charge is 2.38. The molecule has 2 atom stereocenters. The van der Waals surface area contributed by atoms with Crippen molar-refractivity contribution in [2.24, 2.45) is 0 Å². The maximum atomic E-state index is 15.0. The van der Waals surface area contributed by atoms with Crippen LogP contribution in [0.1, 0.15) is 29.9 Å². The van der Waals surface area contributed by atoms with Crippen molar-refractivity contribution in [3.05, 3.63) is 65.9 Å². The predicted octanol–water partition coefficient (Wildman–Crippen LogP) is 5.00. The Morgan fingerprint density at radius 1 is 1.17 bits per heavy atom. The van der Waals surface area contributed by atoms with Gasteiger partial charge in [-0.3, -0.25) is 10.1 Å². The van der Waals surface area contributed by atoms with Crippen LogP contribution in [0.5, 0.6) is 11.6 Å². The number of amides is 2. The van der Waals surface area contributed by atoms with Gasteiger partial charge in [-0.1, -0.05) is 0 Å². The number of methoxy groups -OCH3 is 1. The molecule has 1 fully saturated rings. The Balaban J connectivity index is 1.07. The van der Waals surface area contributed by atoms with Gasteiger partial charge in [-0.2, -0.15) is 0 Å². The fraction of sp³-hybridized carbons (Fsp3) is 0.333. The summed E-state index contributed by atoms with van der Waals surface area (Å²) in [5.74, 6) is -0.561. The van der Waals surface area contributed by atoms with E-state index in [9.17, 15) is 14.7 Å². The molecule has 0 spiro atoms. The summed E-state index contributed by atoms with van der Waals surface area (Å²) in [5, 5.41) is 13.0. The van der Waals surface area contributed by atoms with E-state index in [2.05, 4.69) is 25.3 Å². The van der Waals surface area contributed by atoms with Crippen LogP contribution in [-0.4, -0.2) is 93.7 Å². The van der Waals surface area contributed by atoms with Crippen molar-refractivity contribution in [2.75, 3.05) is 45.4 Å². The van der Waals surface area contributed by atoms with Gasteiger partial charge >= 0.3 is 6.09 Å². The molecule has 2 aromatic carbocycles. The van der Waals surface area contributed by atoms with Gasteiger partial charge in [0.1, 0.15) is 23.4 Å². The summed E-state index contributed by atoms with van der Waals surface area (Å²) in [6.45, 7) is 5.83. The van der Waals surface area contributed by atoms with E-state index in [0.717, 1.165) is 11.1 Å². The maximum Gasteiger partial charge on any atom is 0.412 e. The zero-order chi connectivity index (χ0) is 34.0. The summed E-state index contributed by atoms with van der Waals surface area (Å²) < 4.78 is 37.4. The Kier molecular flexibility index (Phi) is 9.35. The number of aliphatic hydroxyl groups is 1. The number of aryl methyl sites for hydroxylation is 1. The summed E-state index contributed by atoms with van der Waals surface area (Å²) in [7, 11) is 1.53. The molecule has 1 aliphatic heterocycles. The summed E-state index contributed by atoms with van der Waals surface area (Å²) in [4.78, 5) is 44.9. The lowest BCUT2D eigenvalue weighted by Gasteiger charge is -2.43. The molecule has 2 N–H and O–H groups in total. The van der Waals surface area contributed by atoms with Crippen LogP contribution in [0.4, 0.5) is 14.9 Å². The fourth-order valence-electron chi connectivity index (χ4n) is 5.24. The summed E-state index contributed by atoms with van der Waals surface area (Å²) in [6.07, 6.45) is 1.36. The van der Waals surface area contributed by atoms with Gasteiger partial charge in [0, 0.05) is 24.2 Å². The van der Waals surface area contributed by atoms with Crippen molar-refractivity contribution in [3.63, 3.8) is 0 Å². The minimum absolute atomic E-state index is 0.00536. The van der Waals surface area contributed by atoms with Crippen molar-refractivity contribution < 1.29 is 38.0 Å². The molecular formula is C33H33FN6O7S. The van der Waals surface area contributed by atoms with Crippen molar-refractivity contribution in [1.82, 2.24) is 24.8 Å². The molecule has 250 valence electrons. The summed E-state index contributed by atoms with van der Waals surface area (Å²) in [6, 6.07) is 9.75. The first-order chi connectivity index (χ1) is 23.1. The molecule has 3 aromatic heterocycles. The molecule has 13 nitrogen and oxygen atoms in total. The normalized spacial score (nSPS) is 16.9. The van der Waals surface area contributed by atoms with E-state index in [4.69, 9.17) is 18.9 Å². The minimum atomic E-state index is -0.851. The van der Waals surface area contributed by atoms with Crippen LogP contribution in [0, 0.1) is 12.7 Å². The molecule has 5 aromatic rings. The first-order valence-electron chi connectivity index (χ1n) is 15.1. The van der Waals surface area contributed by atoms with Gasteiger partial charge in [-0.05, 0) is 50.6 Å². The van der Waals surface area contributed by atoms with Crippen LogP contribution in [0.25, 0.3) is 31.8 Å². The Labute approximate surface area is 278 Å². The number of carbonyl (C=O) groups is 2. The second kappa shape index (κ2) is 13.6. The van der Waals surface area contributed by atoms with Gasteiger partial charge in [0.2, 0.25) is 5.88 Å². The van der Waals surface area contributed by atoms with Crippen LogP contribution in [0.2, 0.25) is 0 Å². The smallest absolute Gasteiger partial charge is 0.412 e. The lowest BCUT2D eigenvalue weighted by molar-refractivity contribution is -0.0661. The molecular weight excluding hydrogens is 643 g/mol. The molecule has 48 heavy (non-hydrogen) atoms. The predicted molar refractivity (Wildman–Crippen MR) is 176 cm³/mol. The number of thiazole rings is 1. The lowest BCUT2D eigenvalue weighted by atomic mass is 10.00. The molecule has 0 saturated carbocycles. The number of benzene rings is 2. The van der Waals surface area contributed by atoms with Crippen LogP contribution in [0.3, 0.4) is 0 Å². The highest BCUT2D eigenvalue weighted by Crippen LogP contribution is 2.37.